The van der Waals surface area contributed by atoms with Crippen molar-refractivity contribution in [1.82, 2.24) is 0 Å². The highest BCUT2D eigenvalue weighted by atomic mass is 35.5. The minimum Gasteiger partial charge on any atom is -0.229 e. The van der Waals surface area contributed by atoms with Gasteiger partial charge in [-0.2, -0.15) is 0 Å². The van der Waals surface area contributed by atoms with Crippen LogP contribution in [0, 0.1) is 0 Å². The summed E-state index contributed by atoms with van der Waals surface area (Å²) in [5.74, 6) is 0. The normalized spacial score (nSPS) is 8.29. The maximum absolute atomic E-state index is 9.41. The number of nitrogens with two attached hydrogens (primary N) is 1. The molecule has 48 valence electrons. The van der Waals surface area contributed by atoms with E-state index in [-0.39, 0.29) is 24.8 Å². The topological polar surface area (TPSA) is 60.2 Å². The first-order valence-corrected chi connectivity index (χ1v) is 2.93. The molecule has 3 nitrogen and oxygen atoms in total. The molecule has 2 N–H and O–H groups in total. The van der Waals surface area contributed by atoms with Crippen molar-refractivity contribution in [2.24, 2.45) is 5.14 Å². The van der Waals surface area contributed by atoms with Crippen molar-refractivity contribution < 1.29 is 8.42 Å². The van der Waals surface area contributed by atoms with E-state index in [1.54, 1.807) is 0 Å². The summed E-state index contributed by atoms with van der Waals surface area (Å²) < 4.78 is 18.8. The second kappa shape index (κ2) is 4.64. The standard InChI is InChI=1S/CH5NO2S.2ClH/c1-5(2,3)4;;/h1H3,(H2,2,3,4);2*1H. The average molecular weight is 168 g/mol. The molecule has 0 saturated carbocycles. The van der Waals surface area contributed by atoms with Crippen molar-refractivity contribution in [1.29, 1.82) is 0 Å². The van der Waals surface area contributed by atoms with Crippen LogP contribution in [0.4, 0.5) is 0 Å². The fraction of sp³-hybridized carbons (Fsp3) is 1.00. The van der Waals surface area contributed by atoms with Gasteiger partial charge in [-0.25, -0.2) is 13.6 Å². The molecule has 0 fully saturated rings. The molecule has 0 aromatic rings. The molecule has 0 aliphatic heterocycles. The van der Waals surface area contributed by atoms with Gasteiger partial charge < -0.3 is 0 Å². The van der Waals surface area contributed by atoms with Crippen LogP contribution in [0.25, 0.3) is 0 Å². The van der Waals surface area contributed by atoms with Crippen molar-refractivity contribution in [2.75, 3.05) is 6.26 Å². The van der Waals surface area contributed by atoms with Crippen LogP contribution < -0.4 is 5.14 Å². The van der Waals surface area contributed by atoms with Gasteiger partial charge in [0.2, 0.25) is 10.0 Å². The monoisotopic (exact) mass is 167 g/mol. The molecular formula is CH7Cl2NO2S. The fourth-order valence-electron chi connectivity index (χ4n) is 0. The van der Waals surface area contributed by atoms with Gasteiger partial charge in [-0.1, -0.05) is 0 Å². The van der Waals surface area contributed by atoms with Gasteiger partial charge in [-0.05, 0) is 0 Å². The number of sulfonamides is 1. The molecule has 0 aliphatic carbocycles. The second-order valence-electron chi connectivity index (χ2n) is 0.830. The lowest BCUT2D eigenvalue weighted by molar-refractivity contribution is 0.603. The third kappa shape index (κ3) is 545. The van der Waals surface area contributed by atoms with Crippen LogP contribution in [0.3, 0.4) is 0 Å². The summed E-state index contributed by atoms with van der Waals surface area (Å²) in [4.78, 5) is 0. The first kappa shape index (κ1) is 15.6. The molecule has 0 amide bonds. The van der Waals surface area contributed by atoms with Gasteiger partial charge in [0, 0.05) is 0 Å². The Hall–Kier alpha value is 0.490. The number of hydrogen-bond donors (Lipinski definition) is 1. The molecule has 0 radical (unpaired) electrons. The highest BCUT2D eigenvalue weighted by molar-refractivity contribution is 7.88. The van der Waals surface area contributed by atoms with E-state index in [0.29, 0.717) is 0 Å². The molecule has 0 bridgehead atoms. The van der Waals surface area contributed by atoms with E-state index in [1.807, 2.05) is 0 Å². The van der Waals surface area contributed by atoms with Gasteiger partial charge in [0.25, 0.3) is 0 Å². The third-order valence-electron chi connectivity index (χ3n) is 0. The van der Waals surface area contributed by atoms with Crippen LogP contribution in [-0.4, -0.2) is 14.7 Å². The lowest BCUT2D eigenvalue weighted by Crippen LogP contribution is -2.07. The van der Waals surface area contributed by atoms with E-state index >= 15 is 0 Å². The number of rotatable bonds is 0. The Morgan fingerprint density at radius 3 is 1.29 bits per heavy atom. The zero-order valence-electron chi connectivity index (χ0n) is 3.62. The summed E-state index contributed by atoms with van der Waals surface area (Å²) in [7, 11) is -3.17. The highest BCUT2D eigenvalue weighted by Gasteiger charge is 1.78. The van der Waals surface area contributed by atoms with Gasteiger partial charge in [-0.15, -0.1) is 24.8 Å². The lowest BCUT2D eigenvalue weighted by atomic mass is 12.0. The minimum atomic E-state index is -3.17. The third-order valence-corrected chi connectivity index (χ3v) is 0. The molecule has 0 unspecified atom stereocenters. The van der Waals surface area contributed by atoms with Crippen LogP contribution >= 0.6 is 24.8 Å². The van der Waals surface area contributed by atoms with Crippen LogP contribution in [-0.2, 0) is 10.0 Å². The molecule has 7 heavy (non-hydrogen) atoms. The van der Waals surface area contributed by atoms with E-state index in [1.165, 1.54) is 0 Å². The van der Waals surface area contributed by atoms with Gasteiger partial charge >= 0.3 is 0 Å². The van der Waals surface area contributed by atoms with E-state index in [9.17, 15) is 8.42 Å². The smallest absolute Gasteiger partial charge is 0.206 e. The van der Waals surface area contributed by atoms with Crippen molar-refractivity contribution in [3.63, 3.8) is 0 Å². The number of primary sulfonamides is 1. The molecule has 0 saturated heterocycles. The second-order valence-corrected chi connectivity index (χ2v) is 2.49. The van der Waals surface area contributed by atoms with Gasteiger partial charge in [0.15, 0.2) is 0 Å². The Morgan fingerprint density at radius 1 is 1.29 bits per heavy atom. The number of hydrogen-bond acceptors (Lipinski definition) is 2. The van der Waals surface area contributed by atoms with Crippen LogP contribution in [0.2, 0.25) is 0 Å². The number of halogens is 2. The van der Waals surface area contributed by atoms with E-state index in [2.05, 4.69) is 5.14 Å². The van der Waals surface area contributed by atoms with E-state index < -0.39 is 10.0 Å². The van der Waals surface area contributed by atoms with Crippen molar-refractivity contribution in [2.45, 2.75) is 0 Å². The zero-order chi connectivity index (χ0) is 4.50. The Morgan fingerprint density at radius 2 is 1.29 bits per heavy atom. The molecule has 0 heterocycles. The Bertz CT molecular complexity index is 98.9. The summed E-state index contributed by atoms with van der Waals surface area (Å²) in [6, 6.07) is 0. The van der Waals surface area contributed by atoms with Crippen LogP contribution in [0.1, 0.15) is 0 Å². The first-order chi connectivity index (χ1) is 2.00. The molecular weight excluding hydrogens is 161 g/mol. The largest absolute Gasteiger partial charge is 0.229 e. The lowest BCUT2D eigenvalue weighted by Gasteiger charge is -1.71. The predicted octanol–water partition coefficient (Wildman–Crippen LogP) is -0.252. The van der Waals surface area contributed by atoms with Crippen molar-refractivity contribution in [3.8, 4) is 0 Å². The van der Waals surface area contributed by atoms with Gasteiger partial charge in [0.1, 0.15) is 0 Å². The SMILES string of the molecule is CS(N)(=O)=O.Cl.Cl. The van der Waals surface area contributed by atoms with E-state index in [4.69, 9.17) is 0 Å². The van der Waals surface area contributed by atoms with Crippen molar-refractivity contribution >= 4 is 34.8 Å². The van der Waals surface area contributed by atoms with E-state index in [0.717, 1.165) is 6.26 Å². The molecule has 0 spiro atoms. The maximum atomic E-state index is 9.41. The Kier molecular flexibility index (Phi) is 10.4. The summed E-state index contributed by atoms with van der Waals surface area (Å²) in [5, 5.41) is 4.33. The van der Waals surface area contributed by atoms with Crippen LogP contribution in [0.5, 0.6) is 0 Å². The molecule has 0 aromatic carbocycles. The molecule has 0 aliphatic rings. The predicted molar refractivity (Wildman–Crippen MR) is 33.5 cm³/mol. The molecule has 6 heteroatoms. The Labute approximate surface area is 55.1 Å². The minimum absolute atomic E-state index is 0. The fourth-order valence-corrected chi connectivity index (χ4v) is 0. The van der Waals surface area contributed by atoms with Crippen molar-refractivity contribution in [3.05, 3.63) is 0 Å². The first-order valence-electron chi connectivity index (χ1n) is 0.977. The maximum Gasteiger partial charge on any atom is 0.206 e. The van der Waals surface area contributed by atoms with Gasteiger partial charge in [-0.3, -0.25) is 0 Å². The summed E-state index contributed by atoms with van der Waals surface area (Å²) >= 11 is 0. The quantitative estimate of drug-likeness (QED) is 0.542. The summed E-state index contributed by atoms with van der Waals surface area (Å²) in [6.45, 7) is 0. The molecule has 0 atom stereocenters. The molecule has 0 aromatic heterocycles. The highest BCUT2D eigenvalue weighted by Crippen LogP contribution is 1.52. The summed E-state index contributed by atoms with van der Waals surface area (Å²) in [6.07, 6.45) is 0.938. The molecule has 0 rings (SSSR count). The average Bonchev–Trinajstić information content (AvgIpc) is 0.722. The zero-order valence-corrected chi connectivity index (χ0v) is 6.07. The van der Waals surface area contributed by atoms with Crippen LogP contribution in [0.15, 0.2) is 0 Å². The van der Waals surface area contributed by atoms with Gasteiger partial charge in [0.05, 0.1) is 6.26 Å². The Balaban J connectivity index is -0.0000000800. The summed E-state index contributed by atoms with van der Waals surface area (Å²) in [5.41, 5.74) is 0.